The van der Waals surface area contributed by atoms with Gasteiger partial charge in [-0.05, 0) is 48.8 Å². The van der Waals surface area contributed by atoms with E-state index in [-0.39, 0.29) is 5.92 Å². The van der Waals surface area contributed by atoms with Gasteiger partial charge in [-0.3, -0.25) is 4.90 Å². The molecule has 130 valence electrons. The number of hydrogen-bond acceptors (Lipinski definition) is 5. The Balaban J connectivity index is 1.50. The molecule has 1 aromatic rings. The van der Waals surface area contributed by atoms with Crippen LogP contribution in [0.4, 0.5) is 0 Å². The number of piperidine rings is 1. The summed E-state index contributed by atoms with van der Waals surface area (Å²) in [7, 11) is -3.76. The SMILES string of the molecule is O=S1(=O)OC(C2CN3C4CCC3C2C(c2ccc(Cl)c(Cl)c2)C4)O1. The highest BCUT2D eigenvalue weighted by Gasteiger charge is 2.60. The van der Waals surface area contributed by atoms with Crippen molar-refractivity contribution in [3.8, 4) is 0 Å². The molecule has 8 heteroatoms. The fourth-order valence-electron chi connectivity index (χ4n) is 5.34. The number of rotatable bonds is 2. The van der Waals surface area contributed by atoms with E-state index in [1.807, 2.05) is 18.2 Å². The maximum Gasteiger partial charge on any atom is 0.405 e. The van der Waals surface area contributed by atoms with E-state index in [4.69, 9.17) is 31.6 Å². The third-order valence-electron chi connectivity index (χ3n) is 6.19. The summed E-state index contributed by atoms with van der Waals surface area (Å²) in [5.41, 5.74) is 1.18. The van der Waals surface area contributed by atoms with E-state index in [0.29, 0.717) is 34.0 Å². The van der Waals surface area contributed by atoms with Crippen molar-refractivity contribution in [3.05, 3.63) is 33.8 Å². The summed E-state index contributed by atoms with van der Waals surface area (Å²) in [6, 6.07) is 6.87. The zero-order chi connectivity index (χ0) is 16.6. The van der Waals surface area contributed by atoms with E-state index in [9.17, 15) is 8.42 Å². The molecule has 6 unspecified atom stereocenters. The molecule has 0 saturated carbocycles. The zero-order valence-corrected chi connectivity index (χ0v) is 15.1. The average Bonchev–Trinajstić information content (AvgIpc) is 2.93. The standard InChI is InChI=1S/C16H17Cl2NO4S/c17-12-3-1-8(5-13(12)18)10-6-9-2-4-14-15(10)11(7-19(9)14)16-22-24(20,21)23-16/h1,3,5,9-11,14-16H,2,4,6-7H2. The second-order valence-corrected chi connectivity index (χ2v) is 9.24. The molecule has 0 aromatic heterocycles. The van der Waals surface area contributed by atoms with Crippen LogP contribution in [0.15, 0.2) is 18.2 Å². The molecule has 4 heterocycles. The fourth-order valence-corrected chi connectivity index (χ4v) is 6.41. The Bertz CT molecular complexity index is 789. The highest BCUT2D eigenvalue weighted by atomic mass is 35.5. The van der Waals surface area contributed by atoms with Crippen molar-refractivity contribution in [3.63, 3.8) is 0 Å². The fraction of sp³-hybridized carbons (Fsp3) is 0.625. The lowest BCUT2D eigenvalue weighted by molar-refractivity contribution is -0.124. The number of hydrogen-bond donors (Lipinski definition) is 0. The normalized spacial score (nSPS) is 42.9. The van der Waals surface area contributed by atoms with Crippen LogP contribution in [0.25, 0.3) is 0 Å². The number of benzene rings is 1. The Labute approximate surface area is 151 Å². The van der Waals surface area contributed by atoms with E-state index < -0.39 is 16.7 Å². The summed E-state index contributed by atoms with van der Waals surface area (Å²) < 4.78 is 32.6. The molecule has 0 radical (unpaired) electrons. The topological polar surface area (TPSA) is 55.8 Å². The van der Waals surface area contributed by atoms with Crippen molar-refractivity contribution in [2.24, 2.45) is 11.8 Å². The summed E-state index contributed by atoms with van der Waals surface area (Å²) in [4.78, 5) is 2.53. The second-order valence-electron chi connectivity index (χ2n) is 7.22. The molecular weight excluding hydrogens is 373 g/mol. The molecule has 4 aliphatic rings. The second kappa shape index (κ2) is 5.32. The van der Waals surface area contributed by atoms with Crippen LogP contribution in [0.2, 0.25) is 10.0 Å². The Kier molecular flexibility index (Phi) is 3.51. The van der Waals surface area contributed by atoms with Crippen LogP contribution in [0, 0.1) is 11.8 Å². The molecule has 0 N–H and O–H groups in total. The molecule has 4 aliphatic heterocycles. The van der Waals surface area contributed by atoms with Gasteiger partial charge in [-0.1, -0.05) is 29.3 Å². The molecular formula is C16H17Cl2NO4S. The number of nitrogens with zero attached hydrogens (tertiary/aromatic N) is 1. The first-order valence-corrected chi connectivity index (χ1v) is 10.3. The lowest BCUT2D eigenvalue weighted by Crippen LogP contribution is -2.46. The van der Waals surface area contributed by atoms with Crippen LogP contribution in [0.3, 0.4) is 0 Å². The van der Waals surface area contributed by atoms with Gasteiger partial charge in [0, 0.05) is 24.5 Å². The maximum atomic E-state index is 11.2. The van der Waals surface area contributed by atoms with Gasteiger partial charge >= 0.3 is 10.4 Å². The minimum Gasteiger partial charge on any atom is -0.297 e. The summed E-state index contributed by atoms with van der Waals surface area (Å²) in [5.74, 6) is 0.723. The Morgan fingerprint density at radius 2 is 1.92 bits per heavy atom. The molecule has 5 rings (SSSR count). The van der Waals surface area contributed by atoms with E-state index in [1.165, 1.54) is 12.0 Å². The highest BCUT2D eigenvalue weighted by Crippen LogP contribution is 2.56. The minimum atomic E-state index is -3.76. The predicted molar refractivity (Wildman–Crippen MR) is 89.2 cm³/mol. The van der Waals surface area contributed by atoms with E-state index in [0.717, 1.165) is 19.4 Å². The zero-order valence-electron chi connectivity index (χ0n) is 12.8. The van der Waals surface area contributed by atoms with Gasteiger partial charge in [0.2, 0.25) is 6.29 Å². The summed E-state index contributed by atoms with van der Waals surface area (Å²) >= 11 is 12.3. The van der Waals surface area contributed by atoms with Gasteiger partial charge < -0.3 is 0 Å². The van der Waals surface area contributed by atoms with Gasteiger partial charge in [0.05, 0.1) is 10.0 Å². The molecule has 0 amide bonds. The Hall–Kier alpha value is -0.370. The largest absolute Gasteiger partial charge is 0.405 e. The van der Waals surface area contributed by atoms with Crippen LogP contribution in [0.5, 0.6) is 0 Å². The summed E-state index contributed by atoms with van der Waals surface area (Å²) in [6.07, 6.45) is 2.78. The predicted octanol–water partition coefficient (Wildman–Crippen LogP) is 3.18. The first-order chi connectivity index (χ1) is 11.4. The molecule has 4 fully saturated rings. The average molecular weight is 390 g/mol. The van der Waals surface area contributed by atoms with Crippen LogP contribution >= 0.6 is 23.2 Å². The summed E-state index contributed by atoms with van der Waals surface area (Å²) in [5, 5.41) is 1.12. The first-order valence-electron chi connectivity index (χ1n) is 8.25. The van der Waals surface area contributed by atoms with Gasteiger partial charge in [-0.2, -0.15) is 8.42 Å². The minimum absolute atomic E-state index is 0.0725. The van der Waals surface area contributed by atoms with Crippen molar-refractivity contribution in [1.82, 2.24) is 4.90 Å². The van der Waals surface area contributed by atoms with Gasteiger partial charge in [0.1, 0.15) is 0 Å². The van der Waals surface area contributed by atoms with Crippen molar-refractivity contribution < 1.29 is 16.8 Å². The number of halogens is 2. The van der Waals surface area contributed by atoms with E-state index in [2.05, 4.69) is 4.90 Å². The molecule has 0 aliphatic carbocycles. The molecule has 5 nitrogen and oxygen atoms in total. The van der Waals surface area contributed by atoms with Crippen LogP contribution in [-0.2, 0) is 18.8 Å². The summed E-state index contributed by atoms with van der Waals surface area (Å²) in [6.45, 7) is 0.845. The lowest BCUT2D eigenvalue weighted by Gasteiger charge is -2.40. The van der Waals surface area contributed by atoms with Crippen molar-refractivity contribution in [2.75, 3.05) is 6.54 Å². The Morgan fingerprint density at radius 3 is 2.62 bits per heavy atom. The smallest absolute Gasteiger partial charge is 0.297 e. The maximum absolute atomic E-state index is 11.2. The van der Waals surface area contributed by atoms with Crippen molar-refractivity contribution >= 4 is 33.6 Å². The van der Waals surface area contributed by atoms with Crippen LogP contribution < -0.4 is 0 Å². The molecule has 4 saturated heterocycles. The van der Waals surface area contributed by atoms with Gasteiger partial charge in [0.15, 0.2) is 0 Å². The molecule has 4 bridgehead atoms. The van der Waals surface area contributed by atoms with Gasteiger partial charge in [-0.15, -0.1) is 0 Å². The van der Waals surface area contributed by atoms with E-state index >= 15 is 0 Å². The Morgan fingerprint density at radius 1 is 1.12 bits per heavy atom. The lowest BCUT2D eigenvalue weighted by atomic mass is 9.73. The molecule has 0 spiro atoms. The highest BCUT2D eigenvalue weighted by molar-refractivity contribution is 7.82. The van der Waals surface area contributed by atoms with Crippen LogP contribution in [0.1, 0.15) is 30.7 Å². The van der Waals surface area contributed by atoms with E-state index in [1.54, 1.807) is 0 Å². The van der Waals surface area contributed by atoms with Crippen molar-refractivity contribution in [2.45, 2.75) is 43.6 Å². The van der Waals surface area contributed by atoms with Gasteiger partial charge in [0.25, 0.3) is 0 Å². The van der Waals surface area contributed by atoms with Crippen molar-refractivity contribution in [1.29, 1.82) is 0 Å². The third-order valence-corrected chi connectivity index (χ3v) is 7.78. The first kappa shape index (κ1) is 15.9. The quantitative estimate of drug-likeness (QED) is 0.777. The third kappa shape index (κ3) is 2.27. The van der Waals surface area contributed by atoms with Gasteiger partial charge in [-0.25, -0.2) is 8.37 Å². The molecule has 1 aromatic carbocycles. The van der Waals surface area contributed by atoms with Crippen LogP contribution in [-0.4, -0.2) is 38.2 Å². The molecule has 24 heavy (non-hydrogen) atoms. The monoisotopic (exact) mass is 389 g/mol. The molecule has 6 atom stereocenters.